The molecule has 1 heterocycles. The Morgan fingerprint density at radius 1 is 1.18 bits per heavy atom. The summed E-state index contributed by atoms with van der Waals surface area (Å²) in [5, 5.41) is 6.52. The minimum Gasteiger partial charge on any atom is -0.367 e. The van der Waals surface area contributed by atoms with Gasteiger partial charge in [-0.3, -0.25) is 9.59 Å². The van der Waals surface area contributed by atoms with E-state index in [9.17, 15) is 9.59 Å². The minimum absolute atomic E-state index is 0.150. The molecule has 0 spiro atoms. The van der Waals surface area contributed by atoms with Gasteiger partial charge in [0.25, 0.3) is 0 Å². The highest BCUT2D eigenvalue weighted by Crippen LogP contribution is 2.29. The fourth-order valence-electron chi connectivity index (χ4n) is 2.86. The normalized spacial score (nSPS) is 14.6. The molecule has 1 aliphatic rings. The number of anilines is 2. The zero-order valence-corrected chi connectivity index (χ0v) is 18.5. The topological polar surface area (TPSA) is 64.7 Å². The first-order valence-electron chi connectivity index (χ1n) is 9.56. The SMILES string of the molecule is CCCC(=O)N1CCN(c2ccc(NC(=S)NC(=O)C(C)(C)C)cc2Cl)CC1. The molecule has 154 valence electrons. The number of amides is 2. The van der Waals surface area contributed by atoms with Crippen LogP contribution in [0.2, 0.25) is 5.02 Å². The Bertz CT molecular complexity index is 740. The van der Waals surface area contributed by atoms with Crippen molar-refractivity contribution in [3.05, 3.63) is 23.2 Å². The lowest BCUT2D eigenvalue weighted by Gasteiger charge is -2.36. The van der Waals surface area contributed by atoms with Gasteiger partial charge in [0.1, 0.15) is 0 Å². The average Bonchev–Trinajstić information content (AvgIpc) is 2.61. The largest absolute Gasteiger partial charge is 0.367 e. The van der Waals surface area contributed by atoms with E-state index in [-0.39, 0.29) is 16.9 Å². The third-order valence-corrected chi connectivity index (χ3v) is 5.06. The molecule has 1 saturated heterocycles. The number of nitrogens with one attached hydrogen (secondary N) is 2. The number of benzene rings is 1. The van der Waals surface area contributed by atoms with Crippen molar-refractivity contribution in [2.24, 2.45) is 5.41 Å². The summed E-state index contributed by atoms with van der Waals surface area (Å²) in [6, 6.07) is 5.61. The summed E-state index contributed by atoms with van der Waals surface area (Å²) in [7, 11) is 0. The molecule has 1 aromatic rings. The second-order valence-electron chi connectivity index (χ2n) is 7.94. The van der Waals surface area contributed by atoms with E-state index in [0.717, 1.165) is 25.2 Å². The van der Waals surface area contributed by atoms with Crippen LogP contribution in [-0.4, -0.2) is 48.0 Å². The van der Waals surface area contributed by atoms with Crippen LogP contribution in [0.5, 0.6) is 0 Å². The maximum Gasteiger partial charge on any atom is 0.231 e. The Balaban J connectivity index is 1.95. The van der Waals surface area contributed by atoms with Crippen molar-refractivity contribution >= 4 is 52.1 Å². The van der Waals surface area contributed by atoms with Crippen LogP contribution in [0.25, 0.3) is 0 Å². The fourth-order valence-corrected chi connectivity index (χ4v) is 3.37. The van der Waals surface area contributed by atoms with Crippen LogP contribution in [0.15, 0.2) is 18.2 Å². The molecule has 0 radical (unpaired) electrons. The summed E-state index contributed by atoms with van der Waals surface area (Å²) >= 11 is 11.7. The van der Waals surface area contributed by atoms with E-state index >= 15 is 0 Å². The van der Waals surface area contributed by atoms with E-state index < -0.39 is 5.41 Å². The Labute approximate surface area is 177 Å². The molecule has 2 amide bonds. The smallest absolute Gasteiger partial charge is 0.231 e. The van der Waals surface area contributed by atoms with Crippen molar-refractivity contribution in [1.82, 2.24) is 10.2 Å². The van der Waals surface area contributed by atoms with Crippen molar-refractivity contribution in [2.75, 3.05) is 36.4 Å². The standard InChI is InChI=1S/C20H29ClN4O2S/c1-5-6-17(26)25-11-9-24(10-12-25)16-8-7-14(13-15(16)21)22-19(28)23-18(27)20(2,3)4/h7-8,13H,5-6,9-12H2,1-4H3,(H2,22,23,27,28). The van der Waals surface area contributed by atoms with Gasteiger partial charge in [-0.15, -0.1) is 0 Å². The molecule has 0 bridgehead atoms. The molecular weight excluding hydrogens is 396 g/mol. The summed E-state index contributed by atoms with van der Waals surface area (Å²) in [6.07, 6.45) is 1.48. The van der Waals surface area contributed by atoms with E-state index in [1.165, 1.54) is 0 Å². The van der Waals surface area contributed by atoms with E-state index in [1.54, 1.807) is 6.07 Å². The quantitative estimate of drug-likeness (QED) is 0.722. The van der Waals surface area contributed by atoms with Gasteiger partial charge in [-0.1, -0.05) is 39.3 Å². The molecule has 1 aliphatic heterocycles. The number of hydrogen-bond acceptors (Lipinski definition) is 4. The number of halogens is 1. The van der Waals surface area contributed by atoms with Gasteiger partial charge in [0.15, 0.2) is 5.11 Å². The predicted molar refractivity (Wildman–Crippen MR) is 119 cm³/mol. The molecule has 8 heteroatoms. The van der Waals surface area contributed by atoms with E-state index in [2.05, 4.69) is 15.5 Å². The molecular formula is C20H29ClN4O2S. The van der Waals surface area contributed by atoms with Gasteiger partial charge < -0.3 is 20.4 Å². The highest BCUT2D eigenvalue weighted by molar-refractivity contribution is 7.80. The highest BCUT2D eigenvalue weighted by atomic mass is 35.5. The summed E-state index contributed by atoms with van der Waals surface area (Å²) in [6.45, 7) is 10.4. The number of thiocarbonyl (C=S) groups is 1. The van der Waals surface area contributed by atoms with E-state index in [1.807, 2.05) is 44.7 Å². The molecule has 2 N–H and O–H groups in total. The van der Waals surface area contributed by atoms with Crippen molar-refractivity contribution < 1.29 is 9.59 Å². The minimum atomic E-state index is -0.520. The summed E-state index contributed by atoms with van der Waals surface area (Å²) in [4.78, 5) is 28.1. The van der Waals surface area contributed by atoms with Gasteiger partial charge in [-0.05, 0) is 36.8 Å². The molecule has 1 fully saturated rings. The average molecular weight is 425 g/mol. The van der Waals surface area contributed by atoms with Gasteiger partial charge in [-0.25, -0.2) is 0 Å². The van der Waals surface area contributed by atoms with Crippen LogP contribution < -0.4 is 15.5 Å². The first-order chi connectivity index (χ1) is 13.1. The Morgan fingerprint density at radius 2 is 1.82 bits per heavy atom. The summed E-state index contributed by atoms with van der Waals surface area (Å²) in [5.74, 6) is 0.0711. The Kier molecular flexibility index (Phi) is 7.66. The first kappa shape index (κ1) is 22.4. The van der Waals surface area contributed by atoms with Crippen molar-refractivity contribution in [3.63, 3.8) is 0 Å². The van der Waals surface area contributed by atoms with Crippen LogP contribution >= 0.6 is 23.8 Å². The van der Waals surface area contributed by atoms with Crippen LogP contribution in [0.3, 0.4) is 0 Å². The lowest BCUT2D eigenvalue weighted by Crippen LogP contribution is -2.48. The number of rotatable bonds is 4. The maximum atomic E-state index is 12.0. The summed E-state index contributed by atoms with van der Waals surface area (Å²) in [5.41, 5.74) is 1.12. The zero-order chi connectivity index (χ0) is 20.9. The number of carbonyl (C=O) groups excluding carboxylic acids is 2. The lowest BCUT2D eigenvalue weighted by molar-refractivity contribution is -0.131. The highest BCUT2D eigenvalue weighted by Gasteiger charge is 2.23. The molecule has 2 rings (SSSR count). The van der Waals surface area contributed by atoms with E-state index in [4.69, 9.17) is 23.8 Å². The molecule has 0 atom stereocenters. The fraction of sp³-hybridized carbons (Fsp3) is 0.550. The number of piperazine rings is 1. The van der Waals surface area contributed by atoms with Gasteiger partial charge in [0.05, 0.1) is 10.7 Å². The first-order valence-corrected chi connectivity index (χ1v) is 10.3. The molecule has 0 saturated carbocycles. The third kappa shape index (κ3) is 6.07. The molecule has 6 nitrogen and oxygen atoms in total. The van der Waals surface area contributed by atoms with Crippen molar-refractivity contribution in [3.8, 4) is 0 Å². The zero-order valence-electron chi connectivity index (χ0n) is 17.0. The van der Waals surface area contributed by atoms with Gasteiger partial charge in [-0.2, -0.15) is 0 Å². The van der Waals surface area contributed by atoms with Crippen LogP contribution in [0.4, 0.5) is 11.4 Å². The van der Waals surface area contributed by atoms with Gasteiger partial charge in [0, 0.05) is 43.7 Å². The van der Waals surface area contributed by atoms with Crippen molar-refractivity contribution in [1.29, 1.82) is 0 Å². The van der Waals surface area contributed by atoms with Gasteiger partial charge >= 0.3 is 0 Å². The molecule has 1 aromatic carbocycles. The Morgan fingerprint density at radius 3 is 2.36 bits per heavy atom. The molecule has 0 unspecified atom stereocenters. The van der Waals surface area contributed by atoms with Crippen LogP contribution in [0.1, 0.15) is 40.5 Å². The molecule has 0 aromatic heterocycles. The van der Waals surface area contributed by atoms with Crippen molar-refractivity contribution in [2.45, 2.75) is 40.5 Å². The molecule has 0 aliphatic carbocycles. The van der Waals surface area contributed by atoms with Gasteiger partial charge in [0.2, 0.25) is 11.8 Å². The lowest BCUT2D eigenvalue weighted by atomic mass is 9.96. The number of nitrogens with zero attached hydrogens (tertiary/aromatic N) is 2. The van der Waals surface area contributed by atoms with Crippen LogP contribution in [-0.2, 0) is 9.59 Å². The maximum absolute atomic E-state index is 12.0. The Hall–Kier alpha value is -1.86. The molecule has 28 heavy (non-hydrogen) atoms. The second kappa shape index (κ2) is 9.56. The number of hydrogen-bond donors (Lipinski definition) is 2. The second-order valence-corrected chi connectivity index (χ2v) is 8.76. The monoisotopic (exact) mass is 424 g/mol. The predicted octanol–water partition coefficient (Wildman–Crippen LogP) is 3.65. The number of carbonyl (C=O) groups is 2. The van der Waals surface area contributed by atoms with Crippen LogP contribution in [0, 0.1) is 5.41 Å². The summed E-state index contributed by atoms with van der Waals surface area (Å²) < 4.78 is 0. The third-order valence-electron chi connectivity index (χ3n) is 4.55. The van der Waals surface area contributed by atoms with E-state index in [0.29, 0.717) is 30.2 Å².